The van der Waals surface area contributed by atoms with E-state index in [1.807, 2.05) is 6.07 Å². The van der Waals surface area contributed by atoms with Gasteiger partial charge in [0.15, 0.2) is 4.34 Å². The highest BCUT2D eigenvalue weighted by Gasteiger charge is 2.18. The Morgan fingerprint density at radius 1 is 1.24 bits per heavy atom. The molecule has 0 spiro atoms. The topological polar surface area (TPSA) is 84.0 Å². The Morgan fingerprint density at radius 3 is 2.76 bits per heavy atom. The lowest BCUT2D eigenvalue weighted by Crippen LogP contribution is -2.33. The monoisotopic (exact) mass is 440 g/mol. The van der Waals surface area contributed by atoms with E-state index in [-0.39, 0.29) is 11.8 Å². The summed E-state index contributed by atoms with van der Waals surface area (Å²) in [6, 6.07) is 7.49. The Kier molecular flexibility index (Phi) is 6.44. The number of carbonyl (C=O) groups is 2. The highest BCUT2D eigenvalue weighted by atomic mass is 79.9. The molecule has 1 aromatic heterocycles. The van der Waals surface area contributed by atoms with Crippen LogP contribution in [0.5, 0.6) is 0 Å². The number of halogens is 1. The third kappa shape index (κ3) is 5.26. The van der Waals surface area contributed by atoms with Gasteiger partial charge in [0.25, 0.3) is 5.91 Å². The number of anilines is 1. The maximum Gasteiger partial charge on any atom is 0.258 e. The van der Waals surface area contributed by atoms with Crippen molar-refractivity contribution >= 4 is 56.0 Å². The number of thioether (sulfide) groups is 1. The molecule has 0 aliphatic heterocycles. The highest BCUT2D eigenvalue weighted by Crippen LogP contribution is 2.26. The maximum atomic E-state index is 12.2. The van der Waals surface area contributed by atoms with E-state index >= 15 is 0 Å². The summed E-state index contributed by atoms with van der Waals surface area (Å²) in [6.07, 6.45) is 4.52. The van der Waals surface area contributed by atoms with E-state index in [0.717, 1.165) is 17.3 Å². The molecule has 1 saturated carbocycles. The quantitative estimate of drug-likeness (QED) is 0.528. The van der Waals surface area contributed by atoms with Gasteiger partial charge in [0.2, 0.25) is 11.0 Å². The first-order valence-corrected chi connectivity index (χ1v) is 10.5. The van der Waals surface area contributed by atoms with E-state index in [4.69, 9.17) is 0 Å². The van der Waals surface area contributed by atoms with Gasteiger partial charge in [-0.2, -0.15) is 0 Å². The van der Waals surface area contributed by atoms with Crippen LogP contribution in [0.1, 0.15) is 36.0 Å². The first-order valence-electron chi connectivity index (χ1n) is 7.93. The predicted molar refractivity (Wildman–Crippen MR) is 103 cm³/mol. The van der Waals surface area contributed by atoms with Crippen LogP contribution in [0, 0.1) is 0 Å². The van der Waals surface area contributed by atoms with Gasteiger partial charge in [-0.15, -0.1) is 10.2 Å². The second-order valence-electron chi connectivity index (χ2n) is 5.64. The van der Waals surface area contributed by atoms with Crippen LogP contribution in [0.2, 0.25) is 0 Å². The number of amides is 2. The molecule has 0 saturated heterocycles. The molecule has 2 N–H and O–H groups in total. The summed E-state index contributed by atoms with van der Waals surface area (Å²) in [5, 5.41) is 14.2. The molecule has 132 valence electrons. The predicted octanol–water partition coefficient (Wildman–Crippen LogP) is 3.70. The summed E-state index contributed by atoms with van der Waals surface area (Å²) in [5.74, 6) is 0.0774. The second kappa shape index (κ2) is 8.77. The van der Waals surface area contributed by atoms with Crippen molar-refractivity contribution in [2.75, 3.05) is 11.1 Å². The lowest BCUT2D eigenvalue weighted by Gasteiger charge is -2.10. The van der Waals surface area contributed by atoms with Crippen molar-refractivity contribution in [2.45, 2.75) is 36.1 Å². The van der Waals surface area contributed by atoms with Crippen molar-refractivity contribution in [3.05, 3.63) is 34.3 Å². The Hall–Kier alpha value is -1.45. The lowest BCUT2D eigenvalue weighted by molar-refractivity contribution is -0.119. The van der Waals surface area contributed by atoms with Crippen LogP contribution >= 0.6 is 39.0 Å². The van der Waals surface area contributed by atoms with Gasteiger partial charge >= 0.3 is 0 Å². The molecule has 0 unspecified atom stereocenters. The van der Waals surface area contributed by atoms with Gasteiger partial charge < -0.3 is 5.32 Å². The molecule has 3 rings (SSSR count). The number of hydrogen-bond acceptors (Lipinski definition) is 6. The highest BCUT2D eigenvalue weighted by molar-refractivity contribution is 9.10. The minimum atomic E-state index is -0.251. The van der Waals surface area contributed by atoms with E-state index < -0.39 is 0 Å². The summed E-state index contributed by atoms with van der Waals surface area (Å²) in [4.78, 5) is 24.2. The molecular formula is C16H17BrN4O2S2. The third-order valence-corrected chi connectivity index (χ3v) is 6.46. The van der Waals surface area contributed by atoms with E-state index in [0.29, 0.717) is 26.8 Å². The summed E-state index contributed by atoms with van der Waals surface area (Å²) in [7, 11) is 0. The van der Waals surface area contributed by atoms with Crippen LogP contribution in [-0.2, 0) is 4.79 Å². The van der Waals surface area contributed by atoms with Gasteiger partial charge in [0.1, 0.15) is 0 Å². The van der Waals surface area contributed by atoms with Gasteiger partial charge in [-0.05, 0) is 40.9 Å². The van der Waals surface area contributed by atoms with Gasteiger partial charge in [0, 0.05) is 10.5 Å². The van der Waals surface area contributed by atoms with E-state index in [1.165, 1.54) is 35.9 Å². The van der Waals surface area contributed by atoms with Crippen LogP contribution in [0.4, 0.5) is 5.13 Å². The van der Waals surface area contributed by atoms with E-state index in [9.17, 15) is 9.59 Å². The molecule has 1 fully saturated rings. The van der Waals surface area contributed by atoms with Crippen molar-refractivity contribution < 1.29 is 9.59 Å². The minimum Gasteiger partial charge on any atom is -0.353 e. The fourth-order valence-electron chi connectivity index (χ4n) is 2.60. The zero-order valence-electron chi connectivity index (χ0n) is 13.3. The van der Waals surface area contributed by atoms with Crippen molar-refractivity contribution in [3.63, 3.8) is 0 Å². The van der Waals surface area contributed by atoms with Crippen molar-refractivity contribution in [2.24, 2.45) is 0 Å². The molecule has 1 heterocycles. The maximum absolute atomic E-state index is 12.2. The average molecular weight is 441 g/mol. The Morgan fingerprint density at radius 2 is 2.00 bits per heavy atom. The molecule has 9 heteroatoms. The molecule has 2 aromatic rings. The van der Waals surface area contributed by atoms with E-state index in [2.05, 4.69) is 36.8 Å². The normalized spacial score (nSPS) is 14.4. The van der Waals surface area contributed by atoms with Crippen LogP contribution < -0.4 is 10.6 Å². The van der Waals surface area contributed by atoms with Crippen LogP contribution in [0.15, 0.2) is 33.1 Å². The molecule has 0 radical (unpaired) electrons. The summed E-state index contributed by atoms with van der Waals surface area (Å²) in [6.45, 7) is 0. The van der Waals surface area contributed by atoms with Crippen molar-refractivity contribution in [1.29, 1.82) is 0 Å². The molecule has 0 atom stereocenters. The summed E-state index contributed by atoms with van der Waals surface area (Å²) < 4.78 is 1.37. The van der Waals surface area contributed by atoms with Gasteiger partial charge in [-0.1, -0.05) is 48.1 Å². The zero-order chi connectivity index (χ0) is 17.6. The van der Waals surface area contributed by atoms with Crippen molar-refractivity contribution in [3.8, 4) is 0 Å². The standard InChI is InChI=1S/C16H17BrN4O2S2/c17-12-8-4-3-7-11(12)14(23)19-15-20-21-16(25-15)24-9-13(22)18-10-5-1-2-6-10/h3-4,7-8,10H,1-2,5-6,9H2,(H,18,22)(H,19,20,23). The molecule has 25 heavy (non-hydrogen) atoms. The molecule has 1 aliphatic carbocycles. The third-order valence-electron chi connectivity index (χ3n) is 3.79. The molecule has 2 amide bonds. The first kappa shape index (κ1) is 18.3. The number of benzene rings is 1. The molecular weight excluding hydrogens is 424 g/mol. The molecule has 1 aromatic carbocycles. The van der Waals surface area contributed by atoms with Crippen LogP contribution in [-0.4, -0.2) is 33.8 Å². The second-order valence-corrected chi connectivity index (χ2v) is 8.70. The van der Waals surface area contributed by atoms with Crippen LogP contribution in [0.25, 0.3) is 0 Å². The number of aromatic nitrogens is 2. The Labute approximate surface area is 162 Å². The number of carbonyl (C=O) groups excluding carboxylic acids is 2. The lowest BCUT2D eigenvalue weighted by atomic mass is 10.2. The molecule has 6 nitrogen and oxygen atoms in total. The Balaban J connectivity index is 1.49. The van der Waals surface area contributed by atoms with E-state index in [1.54, 1.807) is 18.2 Å². The number of rotatable bonds is 6. The Bertz CT molecular complexity index is 762. The zero-order valence-corrected chi connectivity index (χ0v) is 16.5. The molecule has 0 bridgehead atoms. The fourth-order valence-corrected chi connectivity index (χ4v) is 4.62. The van der Waals surface area contributed by atoms with Gasteiger partial charge in [-0.25, -0.2) is 0 Å². The number of nitrogens with one attached hydrogen (secondary N) is 2. The van der Waals surface area contributed by atoms with Crippen molar-refractivity contribution in [1.82, 2.24) is 15.5 Å². The average Bonchev–Trinajstić information content (AvgIpc) is 3.25. The summed E-state index contributed by atoms with van der Waals surface area (Å²) >= 11 is 5.94. The molecule has 1 aliphatic rings. The largest absolute Gasteiger partial charge is 0.353 e. The smallest absolute Gasteiger partial charge is 0.258 e. The minimum absolute atomic E-state index is 0.0194. The van der Waals surface area contributed by atoms with Gasteiger partial charge in [0.05, 0.1) is 11.3 Å². The number of nitrogens with zero attached hydrogens (tertiary/aromatic N) is 2. The number of hydrogen-bond donors (Lipinski definition) is 2. The SMILES string of the molecule is O=C(CSc1nnc(NC(=O)c2ccccc2Br)s1)NC1CCCC1. The van der Waals surface area contributed by atoms with Crippen LogP contribution in [0.3, 0.4) is 0 Å². The fraction of sp³-hybridized carbons (Fsp3) is 0.375. The summed E-state index contributed by atoms with van der Waals surface area (Å²) in [5.41, 5.74) is 0.530. The van der Waals surface area contributed by atoms with Gasteiger partial charge in [-0.3, -0.25) is 14.9 Å². The first-order chi connectivity index (χ1) is 12.1.